The van der Waals surface area contributed by atoms with Crippen LogP contribution in [0.3, 0.4) is 0 Å². The van der Waals surface area contributed by atoms with Gasteiger partial charge in [-0.05, 0) is 11.0 Å². The minimum Gasteiger partial charge on any atom is -0.479 e. The second-order valence-electron chi connectivity index (χ2n) is 5.57. The molecule has 0 bridgehead atoms. The maximum Gasteiger partial charge on any atom is 0.243 e. The molecule has 0 spiro atoms. The number of ketones is 1. The Bertz CT molecular complexity index is 613. The molecule has 4 nitrogen and oxygen atoms in total. The van der Waals surface area contributed by atoms with Crippen LogP contribution in [0.4, 0.5) is 0 Å². The Morgan fingerprint density at radius 3 is 2.20 bits per heavy atom. The molecule has 0 aliphatic heterocycles. The second kappa shape index (κ2) is 5.41. The first kappa shape index (κ1) is 14.2. The Morgan fingerprint density at radius 1 is 1.05 bits per heavy atom. The maximum atomic E-state index is 12.4. The molecular weight excluding hydrogens is 252 g/mol. The molecule has 20 heavy (non-hydrogen) atoms. The first-order valence-corrected chi connectivity index (χ1v) is 6.43. The number of benzene rings is 1. The van der Waals surface area contributed by atoms with E-state index in [0.29, 0.717) is 5.56 Å². The summed E-state index contributed by atoms with van der Waals surface area (Å²) in [5.74, 6) is 0.0628. The lowest BCUT2D eigenvalue weighted by Gasteiger charge is -2.19. The number of hydrogen-bond acceptors (Lipinski definition) is 4. The third-order valence-electron chi connectivity index (χ3n) is 3.09. The van der Waals surface area contributed by atoms with Crippen molar-refractivity contribution < 1.29 is 9.53 Å². The first-order chi connectivity index (χ1) is 9.43. The molecule has 0 atom stereocenters. The normalized spacial score (nSPS) is 11.2. The van der Waals surface area contributed by atoms with E-state index in [9.17, 15) is 4.79 Å². The lowest BCUT2D eigenvalue weighted by atomic mass is 9.86. The van der Waals surface area contributed by atoms with Gasteiger partial charge in [-0.1, -0.05) is 45.0 Å². The average molecular weight is 270 g/mol. The summed E-state index contributed by atoms with van der Waals surface area (Å²) < 4.78 is 5.07. The van der Waals surface area contributed by atoms with E-state index >= 15 is 0 Å². The van der Waals surface area contributed by atoms with Gasteiger partial charge in [-0.25, -0.2) is 9.97 Å². The highest BCUT2D eigenvalue weighted by molar-refractivity contribution is 6.09. The summed E-state index contributed by atoms with van der Waals surface area (Å²) in [7, 11) is 1.48. The van der Waals surface area contributed by atoms with Crippen LogP contribution in [-0.4, -0.2) is 22.9 Å². The SMILES string of the molecule is COc1nccnc1C(=O)c1ccc(C(C)(C)C)cc1. The third-order valence-corrected chi connectivity index (χ3v) is 3.09. The Kier molecular flexibility index (Phi) is 3.84. The van der Waals surface area contributed by atoms with E-state index in [1.807, 2.05) is 24.3 Å². The van der Waals surface area contributed by atoms with Crippen LogP contribution in [0.25, 0.3) is 0 Å². The third kappa shape index (κ3) is 2.85. The molecule has 1 heterocycles. The number of methoxy groups -OCH3 is 1. The molecule has 1 aromatic carbocycles. The summed E-state index contributed by atoms with van der Waals surface area (Å²) in [4.78, 5) is 20.5. The van der Waals surface area contributed by atoms with Crippen LogP contribution >= 0.6 is 0 Å². The van der Waals surface area contributed by atoms with Gasteiger partial charge in [-0.15, -0.1) is 0 Å². The minimum atomic E-state index is -0.185. The molecule has 0 N–H and O–H groups in total. The van der Waals surface area contributed by atoms with Crippen molar-refractivity contribution in [2.75, 3.05) is 7.11 Å². The lowest BCUT2D eigenvalue weighted by Crippen LogP contribution is -2.12. The number of carbonyl (C=O) groups excluding carboxylic acids is 1. The molecule has 104 valence electrons. The summed E-state index contributed by atoms with van der Waals surface area (Å²) in [6.07, 6.45) is 2.98. The predicted octanol–water partition coefficient (Wildman–Crippen LogP) is 3.01. The molecule has 0 aliphatic carbocycles. The molecule has 0 amide bonds. The number of ether oxygens (including phenoxy) is 1. The zero-order valence-corrected chi connectivity index (χ0v) is 12.2. The van der Waals surface area contributed by atoms with E-state index in [-0.39, 0.29) is 22.8 Å². The van der Waals surface area contributed by atoms with Crippen LogP contribution in [0, 0.1) is 0 Å². The second-order valence-corrected chi connectivity index (χ2v) is 5.57. The van der Waals surface area contributed by atoms with Crippen molar-refractivity contribution in [3.63, 3.8) is 0 Å². The fourth-order valence-electron chi connectivity index (χ4n) is 1.89. The van der Waals surface area contributed by atoms with Gasteiger partial charge in [0.1, 0.15) is 0 Å². The molecule has 0 saturated carbocycles. The van der Waals surface area contributed by atoms with Gasteiger partial charge in [-0.3, -0.25) is 4.79 Å². The highest BCUT2D eigenvalue weighted by Crippen LogP contribution is 2.23. The molecule has 2 aromatic rings. The smallest absolute Gasteiger partial charge is 0.243 e. The Hall–Kier alpha value is -2.23. The zero-order valence-electron chi connectivity index (χ0n) is 12.2. The van der Waals surface area contributed by atoms with Gasteiger partial charge < -0.3 is 4.74 Å². The Balaban J connectivity index is 2.34. The quantitative estimate of drug-likeness (QED) is 0.804. The van der Waals surface area contributed by atoms with E-state index in [4.69, 9.17) is 4.74 Å². The number of rotatable bonds is 3. The summed E-state index contributed by atoms with van der Waals surface area (Å²) >= 11 is 0. The Morgan fingerprint density at radius 2 is 1.65 bits per heavy atom. The summed E-state index contributed by atoms with van der Waals surface area (Å²) in [6.45, 7) is 6.40. The van der Waals surface area contributed by atoms with Crippen molar-refractivity contribution in [3.05, 3.63) is 53.5 Å². The van der Waals surface area contributed by atoms with Crippen molar-refractivity contribution in [2.45, 2.75) is 26.2 Å². The lowest BCUT2D eigenvalue weighted by molar-refractivity contribution is 0.103. The van der Waals surface area contributed by atoms with Gasteiger partial charge in [0.25, 0.3) is 0 Å². The molecule has 0 radical (unpaired) electrons. The summed E-state index contributed by atoms with van der Waals surface area (Å²) in [5.41, 5.74) is 2.06. The predicted molar refractivity (Wildman–Crippen MR) is 77.2 cm³/mol. The van der Waals surface area contributed by atoms with E-state index in [0.717, 1.165) is 0 Å². The highest BCUT2D eigenvalue weighted by atomic mass is 16.5. The van der Waals surface area contributed by atoms with E-state index in [1.54, 1.807) is 0 Å². The number of nitrogens with zero attached hydrogens (tertiary/aromatic N) is 2. The average Bonchev–Trinajstić information content (AvgIpc) is 2.45. The van der Waals surface area contributed by atoms with Gasteiger partial charge in [0.05, 0.1) is 7.11 Å². The van der Waals surface area contributed by atoms with E-state index in [2.05, 4.69) is 30.7 Å². The molecule has 0 aliphatic rings. The largest absolute Gasteiger partial charge is 0.479 e. The van der Waals surface area contributed by atoms with Crippen molar-refractivity contribution in [1.29, 1.82) is 0 Å². The summed E-state index contributed by atoms with van der Waals surface area (Å²) in [5, 5.41) is 0. The van der Waals surface area contributed by atoms with Crippen molar-refractivity contribution in [2.24, 2.45) is 0 Å². The number of hydrogen-bond donors (Lipinski definition) is 0. The van der Waals surface area contributed by atoms with Crippen LogP contribution in [0.2, 0.25) is 0 Å². The van der Waals surface area contributed by atoms with Crippen molar-refractivity contribution in [1.82, 2.24) is 9.97 Å². The summed E-state index contributed by atoms with van der Waals surface area (Å²) in [6, 6.07) is 7.57. The topological polar surface area (TPSA) is 52.1 Å². The van der Waals surface area contributed by atoms with Crippen molar-refractivity contribution >= 4 is 5.78 Å². The molecule has 0 saturated heterocycles. The fourth-order valence-corrected chi connectivity index (χ4v) is 1.89. The van der Waals surface area contributed by atoms with E-state index < -0.39 is 0 Å². The Labute approximate surface area is 118 Å². The van der Waals surface area contributed by atoms with Gasteiger partial charge in [-0.2, -0.15) is 0 Å². The van der Waals surface area contributed by atoms with Crippen LogP contribution in [0.5, 0.6) is 5.88 Å². The molecular formula is C16H18N2O2. The fraction of sp³-hybridized carbons (Fsp3) is 0.312. The molecule has 1 aromatic heterocycles. The molecule has 2 rings (SSSR count). The molecule has 0 unspecified atom stereocenters. The zero-order chi connectivity index (χ0) is 14.8. The number of carbonyl (C=O) groups is 1. The molecule has 4 heteroatoms. The van der Waals surface area contributed by atoms with Crippen LogP contribution in [-0.2, 0) is 5.41 Å². The van der Waals surface area contributed by atoms with Gasteiger partial charge in [0, 0.05) is 18.0 Å². The number of aromatic nitrogens is 2. The van der Waals surface area contributed by atoms with E-state index in [1.165, 1.54) is 25.1 Å². The van der Waals surface area contributed by atoms with Crippen molar-refractivity contribution in [3.8, 4) is 5.88 Å². The van der Waals surface area contributed by atoms with Crippen LogP contribution < -0.4 is 4.74 Å². The highest BCUT2D eigenvalue weighted by Gasteiger charge is 2.18. The van der Waals surface area contributed by atoms with Gasteiger partial charge in [0.15, 0.2) is 5.69 Å². The van der Waals surface area contributed by atoms with Gasteiger partial charge >= 0.3 is 0 Å². The monoisotopic (exact) mass is 270 g/mol. The molecule has 0 fully saturated rings. The van der Waals surface area contributed by atoms with Gasteiger partial charge in [0.2, 0.25) is 11.7 Å². The van der Waals surface area contributed by atoms with Crippen LogP contribution in [0.15, 0.2) is 36.7 Å². The maximum absolute atomic E-state index is 12.4. The minimum absolute atomic E-state index is 0.0613. The standard InChI is InChI=1S/C16H18N2O2/c1-16(2,3)12-7-5-11(6-8-12)14(19)13-15(20-4)18-10-9-17-13/h5-10H,1-4H3. The van der Waals surface area contributed by atoms with Crippen LogP contribution in [0.1, 0.15) is 42.4 Å². The first-order valence-electron chi connectivity index (χ1n) is 6.43.